The van der Waals surface area contributed by atoms with Gasteiger partial charge in [-0.2, -0.15) is 0 Å². The number of carbonyl (C=O) groups excluding carboxylic acids is 1. The molecule has 0 radical (unpaired) electrons. The van der Waals surface area contributed by atoms with Gasteiger partial charge in [0, 0.05) is 7.11 Å². The first-order valence-corrected chi connectivity index (χ1v) is 6.51. The first-order valence-electron chi connectivity index (χ1n) is 6.51. The molecule has 0 aromatic carbocycles. The van der Waals surface area contributed by atoms with E-state index in [1.54, 1.807) is 7.11 Å². The van der Waals surface area contributed by atoms with Crippen molar-refractivity contribution in [1.29, 1.82) is 0 Å². The number of nitrogens with zero attached hydrogens (tertiary/aromatic N) is 2. The van der Waals surface area contributed by atoms with Gasteiger partial charge in [-0.1, -0.05) is 12.8 Å². The quantitative estimate of drug-likeness (QED) is 0.847. The number of methoxy groups -OCH3 is 1. The summed E-state index contributed by atoms with van der Waals surface area (Å²) in [5.41, 5.74) is -0.0792. The van der Waals surface area contributed by atoms with Gasteiger partial charge in [0.05, 0.1) is 24.5 Å². The van der Waals surface area contributed by atoms with Gasteiger partial charge >= 0.3 is 5.97 Å². The van der Waals surface area contributed by atoms with E-state index in [4.69, 9.17) is 9.84 Å². The van der Waals surface area contributed by atoms with Gasteiger partial charge in [-0.25, -0.2) is 14.8 Å². The van der Waals surface area contributed by atoms with Crippen LogP contribution in [0.4, 0.5) is 0 Å². The number of amides is 1. The van der Waals surface area contributed by atoms with Crippen LogP contribution >= 0.6 is 0 Å². The highest BCUT2D eigenvalue weighted by Gasteiger charge is 2.27. The Kier molecular flexibility index (Phi) is 4.62. The van der Waals surface area contributed by atoms with Crippen LogP contribution in [-0.2, 0) is 4.74 Å². The van der Waals surface area contributed by atoms with Crippen molar-refractivity contribution in [1.82, 2.24) is 15.3 Å². The van der Waals surface area contributed by atoms with Crippen molar-refractivity contribution in [2.75, 3.05) is 7.11 Å². The number of hydrogen-bond acceptors (Lipinski definition) is 5. The van der Waals surface area contributed by atoms with E-state index in [2.05, 4.69) is 15.3 Å². The van der Waals surface area contributed by atoms with Crippen molar-refractivity contribution in [2.24, 2.45) is 0 Å². The van der Waals surface area contributed by atoms with Gasteiger partial charge in [0.25, 0.3) is 5.91 Å². The number of hydrogen-bond donors (Lipinski definition) is 2. The molecule has 1 heterocycles. The number of carboxylic acids is 1. The predicted molar refractivity (Wildman–Crippen MR) is 69.5 cm³/mol. The molecular formula is C13H17N3O4. The summed E-state index contributed by atoms with van der Waals surface area (Å²) in [6, 6.07) is -0.0396. The van der Waals surface area contributed by atoms with Crippen LogP contribution in [0.5, 0.6) is 0 Å². The molecule has 1 aliphatic carbocycles. The number of rotatable bonds is 4. The molecule has 20 heavy (non-hydrogen) atoms. The zero-order chi connectivity index (χ0) is 14.5. The molecule has 2 rings (SSSR count). The predicted octanol–water partition coefficient (Wildman–Crippen LogP) is 0.862. The highest BCUT2D eigenvalue weighted by Crippen LogP contribution is 2.20. The zero-order valence-electron chi connectivity index (χ0n) is 11.2. The van der Waals surface area contributed by atoms with Gasteiger partial charge < -0.3 is 15.2 Å². The second kappa shape index (κ2) is 6.42. The summed E-state index contributed by atoms with van der Waals surface area (Å²) < 4.78 is 5.36. The summed E-state index contributed by atoms with van der Waals surface area (Å²) in [5.74, 6) is -1.53. The molecule has 0 aliphatic heterocycles. The Bertz CT molecular complexity index is 489. The molecule has 7 heteroatoms. The minimum Gasteiger partial charge on any atom is -0.476 e. The van der Waals surface area contributed by atoms with E-state index in [9.17, 15) is 9.59 Å². The molecule has 1 aromatic rings. The fourth-order valence-electron chi connectivity index (χ4n) is 2.34. The number of aromatic carboxylic acids is 1. The molecule has 0 unspecified atom stereocenters. The summed E-state index contributed by atoms with van der Waals surface area (Å²) in [4.78, 5) is 30.2. The number of carbonyl (C=O) groups is 2. The summed E-state index contributed by atoms with van der Waals surface area (Å²) in [6.45, 7) is 0. The average Bonchev–Trinajstić information content (AvgIpc) is 2.48. The molecular weight excluding hydrogens is 262 g/mol. The molecule has 1 aromatic heterocycles. The summed E-state index contributed by atoms with van der Waals surface area (Å²) in [7, 11) is 1.64. The Morgan fingerprint density at radius 1 is 1.25 bits per heavy atom. The second-order valence-corrected chi connectivity index (χ2v) is 4.73. The molecule has 108 valence electrons. The normalized spacial score (nSPS) is 22.2. The number of nitrogens with one attached hydrogen (secondary N) is 1. The summed E-state index contributed by atoms with van der Waals surface area (Å²) >= 11 is 0. The highest BCUT2D eigenvalue weighted by atomic mass is 16.5. The molecule has 1 saturated carbocycles. The van der Waals surface area contributed by atoms with Crippen molar-refractivity contribution in [3.05, 3.63) is 23.8 Å². The van der Waals surface area contributed by atoms with E-state index in [0.29, 0.717) is 0 Å². The van der Waals surface area contributed by atoms with E-state index >= 15 is 0 Å². The van der Waals surface area contributed by atoms with E-state index in [1.165, 1.54) is 6.20 Å². The van der Waals surface area contributed by atoms with Gasteiger partial charge in [-0.15, -0.1) is 0 Å². The van der Waals surface area contributed by atoms with E-state index in [0.717, 1.165) is 31.9 Å². The third-order valence-corrected chi connectivity index (χ3v) is 3.43. The third kappa shape index (κ3) is 3.30. The lowest BCUT2D eigenvalue weighted by atomic mass is 9.92. The Hall–Kier alpha value is -2.02. The van der Waals surface area contributed by atoms with Crippen LogP contribution in [0.25, 0.3) is 0 Å². The van der Waals surface area contributed by atoms with Crippen molar-refractivity contribution in [3.63, 3.8) is 0 Å². The van der Waals surface area contributed by atoms with E-state index in [1.807, 2.05) is 0 Å². The monoisotopic (exact) mass is 279 g/mol. The molecule has 2 atom stereocenters. The molecule has 1 aliphatic rings. The van der Waals surface area contributed by atoms with Crippen molar-refractivity contribution >= 4 is 11.9 Å². The van der Waals surface area contributed by atoms with Gasteiger partial charge in [-0.3, -0.25) is 4.79 Å². The minimum atomic E-state index is -1.17. The standard InChI is InChI=1S/C13H17N3O4/c1-20-11-5-3-2-4-8(11)16-12(17)9-6-15-10(7-14-9)13(18)19/h6-8,11H,2-5H2,1H3,(H,16,17)(H,18,19)/t8-,11-/m0/s1. The van der Waals surface area contributed by atoms with Crippen molar-refractivity contribution < 1.29 is 19.4 Å². The first-order chi connectivity index (χ1) is 9.61. The van der Waals surface area contributed by atoms with Crippen LogP contribution in [0.3, 0.4) is 0 Å². The van der Waals surface area contributed by atoms with Crippen LogP contribution in [-0.4, -0.2) is 46.2 Å². The maximum absolute atomic E-state index is 12.0. The van der Waals surface area contributed by atoms with Crippen LogP contribution in [0, 0.1) is 0 Å². The summed E-state index contributed by atoms with van der Waals surface area (Å²) in [6.07, 6.45) is 6.19. The SMILES string of the molecule is CO[C@H]1CCCC[C@@H]1NC(=O)c1cnc(C(=O)O)cn1. The van der Waals surface area contributed by atoms with E-state index in [-0.39, 0.29) is 29.4 Å². The molecule has 0 bridgehead atoms. The summed E-state index contributed by atoms with van der Waals surface area (Å²) in [5, 5.41) is 11.6. The smallest absolute Gasteiger partial charge is 0.356 e. The molecule has 1 fully saturated rings. The minimum absolute atomic E-state index is 0.0129. The van der Waals surface area contributed by atoms with Crippen LogP contribution in [0.15, 0.2) is 12.4 Å². The topological polar surface area (TPSA) is 101 Å². The average molecular weight is 279 g/mol. The van der Waals surface area contributed by atoms with Crippen LogP contribution < -0.4 is 5.32 Å². The molecule has 7 nitrogen and oxygen atoms in total. The Morgan fingerprint density at radius 3 is 2.50 bits per heavy atom. The largest absolute Gasteiger partial charge is 0.476 e. The lowest BCUT2D eigenvalue weighted by molar-refractivity contribution is 0.0391. The molecule has 1 amide bonds. The molecule has 2 N–H and O–H groups in total. The second-order valence-electron chi connectivity index (χ2n) is 4.73. The number of ether oxygens (including phenoxy) is 1. The highest BCUT2D eigenvalue weighted by molar-refractivity contribution is 5.92. The van der Waals surface area contributed by atoms with Crippen molar-refractivity contribution in [2.45, 2.75) is 37.8 Å². The zero-order valence-corrected chi connectivity index (χ0v) is 11.2. The fraction of sp³-hybridized carbons (Fsp3) is 0.538. The van der Waals surface area contributed by atoms with Crippen LogP contribution in [0.2, 0.25) is 0 Å². The maximum atomic E-state index is 12.0. The van der Waals surface area contributed by atoms with Gasteiger partial charge in [0.1, 0.15) is 5.69 Å². The van der Waals surface area contributed by atoms with Gasteiger partial charge in [-0.05, 0) is 12.8 Å². The third-order valence-electron chi connectivity index (χ3n) is 3.43. The van der Waals surface area contributed by atoms with Gasteiger partial charge in [0.2, 0.25) is 0 Å². The molecule has 0 spiro atoms. The van der Waals surface area contributed by atoms with E-state index < -0.39 is 5.97 Å². The van der Waals surface area contributed by atoms with Crippen LogP contribution in [0.1, 0.15) is 46.7 Å². The number of carboxylic acid groups (broad SMARTS) is 1. The maximum Gasteiger partial charge on any atom is 0.356 e. The van der Waals surface area contributed by atoms with Crippen molar-refractivity contribution in [3.8, 4) is 0 Å². The Labute approximate surface area is 116 Å². The molecule has 0 saturated heterocycles. The Balaban J connectivity index is 2.01. The lowest BCUT2D eigenvalue weighted by Crippen LogP contribution is -2.46. The number of aromatic nitrogens is 2. The van der Waals surface area contributed by atoms with Gasteiger partial charge in [0.15, 0.2) is 5.69 Å². The Morgan fingerprint density at radius 2 is 1.90 bits per heavy atom. The first kappa shape index (κ1) is 14.4. The lowest BCUT2D eigenvalue weighted by Gasteiger charge is -2.30. The fourth-order valence-corrected chi connectivity index (χ4v) is 2.34.